The maximum atomic E-state index is 4.05. The lowest BCUT2D eigenvalue weighted by Gasteiger charge is -2.14. The first kappa shape index (κ1) is 12.9. The van der Waals surface area contributed by atoms with E-state index in [2.05, 4.69) is 34.7 Å². The van der Waals surface area contributed by atoms with Crippen molar-refractivity contribution in [1.29, 1.82) is 0 Å². The molecule has 4 nitrogen and oxygen atoms in total. The molecule has 0 aromatic carbocycles. The summed E-state index contributed by atoms with van der Waals surface area (Å²) in [6.07, 6.45) is 2.36. The maximum Gasteiger partial charge on any atom is 0.148 e. The molecule has 4 heteroatoms. The summed E-state index contributed by atoms with van der Waals surface area (Å²) in [7, 11) is 0. The van der Waals surface area contributed by atoms with Crippen LogP contribution in [0.25, 0.3) is 0 Å². The van der Waals surface area contributed by atoms with Crippen molar-refractivity contribution in [3.05, 3.63) is 17.8 Å². The molecule has 1 heterocycles. The fraction of sp³-hybridized carbons (Fsp3) is 0.667. The highest BCUT2D eigenvalue weighted by molar-refractivity contribution is 5.32. The van der Waals surface area contributed by atoms with Crippen molar-refractivity contribution in [3.63, 3.8) is 0 Å². The second-order valence-corrected chi connectivity index (χ2v) is 3.95. The Hall–Kier alpha value is -1.16. The number of aromatic nitrogens is 2. The van der Waals surface area contributed by atoms with Gasteiger partial charge in [-0.25, -0.2) is 0 Å². The number of hydrogen-bond acceptors (Lipinski definition) is 4. The molecule has 2 N–H and O–H groups in total. The molecule has 0 spiro atoms. The average Bonchev–Trinajstić information content (AvgIpc) is 2.32. The zero-order valence-corrected chi connectivity index (χ0v) is 10.5. The molecule has 1 aromatic heterocycles. The number of hydrogen-bond donors (Lipinski definition) is 2. The third kappa shape index (κ3) is 4.57. The van der Waals surface area contributed by atoms with Crippen molar-refractivity contribution in [3.8, 4) is 0 Å². The van der Waals surface area contributed by atoms with Crippen molar-refractivity contribution >= 4 is 5.82 Å². The van der Waals surface area contributed by atoms with Crippen molar-refractivity contribution in [2.75, 3.05) is 18.4 Å². The molecule has 0 saturated carbocycles. The monoisotopic (exact) mass is 222 g/mol. The molecular weight excluding hydrogens is 200 g/mol. The zero-order valence-electron chi connectivity index (χ0n) is 10.5. The first-order valence-corrected chi connectivity index (χ1v) is 6.03. The van der Waals surface area contributed by atoms with Crippen molar-refractivity contribution in [1.82, 2.24) is 15.5 Å². The molecule has 16 heavy (non-hydrogen) atoms. The number of aryl methyl sites for hydroxylation is 1. The standard InChI is InChI=1S/C12H22N4/c1-4-11(5-2)13-8-9-14-12-7-6-10(3)15-16-12/h6-7,11,13H,4-5,8-9H2,1-3H3,(H,14,16). The normalized spacial score (nSPS) is 10.8. The zero-order chi connectivity index (χ0) is 11.8. The SMILES string of the molecule is CCC(CC)NCCNc1ccc(C)nn1. The highest BCUT2D eigenvalue weighted by Gasteiger charge is 2.00. The van der Waals surface area contributed by atoms with E-state index in [9.17, 15) is 0 Å². The van der Waals surface area contributed by atoms with Gasteiger partial charge >= 0.3 is 0 Å². The van der Waals surface area contributed by atoms with Crippen LogP contribution in [0.1, 0.15) is 32.4 Å². The van der Waals surface area contributed by atoms with Crippen LogP contribution in [0, 0.1) is 6.92 Å². The van der Waals surface area contributed by atoms with E-state index in [0.29, 0.717) is 6.04 Å². The predicted molar refractivity (Wildman–Crippen MR) is 67.6 cm³/mol. The fourth-order valence-electron chi connectivity index (χ4n) is 1.54. The summed E-state index contributed by atoms with van der Waals surface area (Å²) in [5, 5.41) is 14.8. The van der Waals surface area contributed by atoms with Gasteiger partial charge in [-0.1, -0.05) is 13.8 Å². The molecule has 1 rings (SSSR count). The van der Waals surface area contributed by atoms with Gasteiger partial charge < -0.3 is 10.6 Å². The van der Waals surface area contributed by atoms with Gasteiger partial charge in [0.1, 0.15) is 5.82 Å². The Labute approximate surface area is 97.9 Å². The van der Waals surface area contributed by atoms with Crippen LogP contribution in [-0.2, 0) is 0 Å². The third-order valence-corrected chi connectivity index (χ3v) is 2.65. The summed E-state index contributed by atoms with van der Waals surface area (Å²) < 4.78 is 0. The second-order valence-electron chi connectivity index (χ2n) is 3.95. The maximum absolute atomic E-state index is 4.05. The van der Waals surface area contributed by atoms with Gasteiger partial charge in [-0.15, -0.1) is 5.10 Å². The van der Waals surface area contributed by atoms with Crippen LogP contribution in [0.2, 0.25) is 0 Å². The molecule has 0 saturated heterocycles. The molecule has 0 bridgehead atoms. The Morgan fingerprint density at radius 3 is 2.44 bits per heavy atom. The summed E-state index contributed by atoms with van der Waals surface area (Å²) in [5.74, 6) is 0.844. The van der Waals surface area contributed by atoms with Crippen LogP contribution in [0.3, 0.4) is 0 Å². The van der Waals surface area contributed by atoms with Gasteiger partial charge in [-0.05, 0) is 31.9 Å². The van der Waals surface area contributed by atoms with Gasteiger partial charge in [0.15, 0.2) is 0 Å². The molecule has 0 radical (unpaired) electrons. The summed E-state index contributed by atoms with van der Waals surface area (Å²) in [6, 6.07) is 4.55. The topological polar surface area (TPSA) is 49.8 Å². The van der Waals surface area contributed by atoms with Crippen LogP contribution < -0.4 is 10.6 Å². The van der Waals surface area contributed by atoms with E-state index in [0.717, 1.165) is 24.6 Å². The van der Waals surface area contributed by atoms with Crippen molar-refractivity contribution in [2.45, 2.75) is 39.7 Å². The van der Waals surface area contributed by atoms with E-state index >= 15 is 0 Å². The minimum atomic E-state index is 0.630. The number of rotatable bonds is 7. The van der Waals surface area contributed by atoms with E-state index in [-0.39, 0.29) is 0 Å². The minimum Gasteiger partial charge on any atom is -0.367 e. The first-order chi connectivity index (χ1) is 7.76. The molecule has 0 amide bonds. The number of nitrogens with zero attached hydrogens (tertiary/aromatic N) is 2. The van der Waals surface area contributed by atoms with E-state index in [4.69, 9.17) is 0 Å². The van der Waals surface area contributed by atoms with Gasteiger partial charge in [-0.3, -0.25) is 0 Å². The van der Waals surface area contributed by atoms with E-state index in [1.165, 1.54) is 12.8 Å². The molecule has 0 aliphatic carbocycles. The van der Waals surface area contributed by atoms with Crippen LogP contribution in [-0.4, -0.2) is 29.3 Å². The Kier molecular flexibility index (Phi) is 5.78. The van der Waals surface area contributed by atoms with Gasteiger partial charge in [0.2, 0.25) is 0 Å². The molecule has 1 aromatic rings. The van der Waals surface area contributed by atoms with Crippen LogP contribution in [0.15, 0.2) is 12.1 Å². The number of nitrogens with one attached hydrogen (secondary N) is 2. The summed E-state index contributed by atoms with van der Waals surface area (Å²) in [4.78, 5) is 0. The van der Waals surface area contributed by atoms with Gasteiger partial charge in [0, 0.05) is 19.1 Å². The lowest BCUT2D eigenvalue weighted by molar-refractivity contribution is 0.494. The highest BCUT2D eigenvalue weighted by atomic mass is 15.2. The largest absolute Gasteiger partial charge is 0.367 e. The predicted octanol–water partition coefficient (Wildman–Crippen LogP) is 1.98. The van der Waals surface area contributed by atoms with Gasteiger partial charge in [0.25, 0.3) is 0 Å². The van der Waals surface area contributed by atoms with Crippen LogP contribution in [0.5, 0.6) is 0 Å². The van der Waals surface area contributed by atoms with Crippen molar-refractivity contribution < 1.29 is 0 Å². The van der Waals surface area contributed by atoms with Crippen molar-refractivity contribution in [2.24, 2.45) is 0 Å². The smallest absolute Gasteiger partial charge is 0.148 e. The molecular formula is C12H22N4. The van der Waals surface area contributed by atoms with Crippen LogP contribution in [0.4, 0.5) is 5.82 Å². The average molecular weight is 222 g/mol. The fourth-order valence-corrected chi connectivity index (χ4v) is 1.54. The van der Waals surface area contributed by atoms with Gasteiger partial charge in [0.05, 0.1) is 5.69 Å². The molecule has 0 atom stereocenters. The minimum absolute atomic E-state index is 0.630. The van der Waals surface area contributed by atoms with Gasteiger partial charge in [-0.2, -0.15) is 5.10 Å². The Bertz CT molecular complexity index is 280. The third-order valence-electron chi connectivity index (χ3n) is 2.65. The lowest BCUT2D eigenvalue weighted by atomic mass is 10.2. The first-order valence-electron chi connectivity index (χ1n) is 6.03. The number of anilines is 1. The summed E-state index contributed by atoms with van der Waals surface area (Å²) in [5.41, 5.74) is 0.945. The lowest BCUT2D eigenvalue weighted by Crippen LogP contribution is -2.32. The summed E-state index contributed by atoms with van der Waals surface area (Å²) >= 11 is 0. The Morgan fingerprint density at radius 1 is 1.12 bits per heavy atom. The quantitative estimate of drug-likeness (QED) is 0.693. The second kappa shape index (κ2) is 7.17. The van der Waals surface area contributed by atoms with E-state index in [1.54, 1.807) is 0 Å². The van der Waals surface area contributed by atoms with E-state index in [1.807, 2.05) is 19.1 Å². The van der Waals surface area contributed by atoms with E-state index < -0.39 is 0 Å². The molecule has 0 aliphatic heterocycles. The molecule has 0 unspecified atom stereocenters. The Morgan fingerprint density at radius 2 is 1.88 bits per heavy atom. The molecule has 0 aliphatic rings. The van der Waals surface area contributed by atoms with Crippen LogP contribution >= 0.6 is 0 Å². The molecule has 90 valence electrons. The molecule has 0 fully saturated rings. The Balaban J connectivity index is 2.18. The highest BCUT2D eigenvalue weighted by Crippen LogP contribution is 2.00. The summed E-state index contributed by atoms with van der Waals surface area (Å²) in [6.45, 7) is 8.20.